The highest BCUT2D eigenvalue weighted by molar-refractivity contribution is 5.55. The number of nitrogens with zero attached hydrogens (tertiary/aromatic N) is 3. The topological polar surface area (TPSA) is 41.1 Å². The molecular weight excluding hydrogens is 255 g/mol. The zero-order valence-corrected chi connectivity index (χ0v) is 11.2. The Labute approximate surface area is 117 Å². The van der Waals surface area contributed by atoms with Crippen molar-refractivity contribution in [2.75, 3.05) is 23.3 Å². The van der Waals surface area contributed by atoms with E-state index in [1.54, 1.807) is 24.4 Å². The Kier molecular flexibility index (Phi) is 3.76. The van der Waals surface area contributed by atoms with Gasteiger partial charge in [-0.3, -0.25) is 0 Å². The summed E-state index contributed by atoms with van der Waals surface area (Å²) in [6, 6.07) is 8.42. The standard InChI is InChI=1S/C15H17FN4/c16-12-6-2-3-7-13(12)18-15-17-9-8-14(19-15)20-10-4-1-5-11-20/h2-3,6-9H,1,4-5,10-11H2,(H,17,18,19). The molecule has 2 aromatic rings. The summed E-state index contributed by atoms with van der Waals surface area (Å²) in [4.78, 5) is 10.9. The molecule has 1 saturated heterocycles. The molecule has 0 saturated carbocycles. The van der Waals surface area contributed by atoms with Crippen LogP contribution in [-0.2, 0) is 0 Å². The van der Waals surface area contributed by atoms with Crippen molar-refractivity contribution in [2.24, 2.45) is 0 Å². The molecule has 1 aliphatic rings. The Morgan fingerprint density at radius 1 is 1.05 bits per heavy atom. The number of nitrogens with one attached hydrogen (secondary N) is 1. The molecule has 0 aliphatic carbocycles. The van der Waals surface area contributed by atoms with Crippen molar-refractivity contribution in [1.82, 2.24) is 9.97 Å². The molecule has 1 aromatic carbocycles. The first-order valence-electron chi connectivity index (χ1n) is 6.92. The molecule has 1 fully saturated rings. The van der Waals surface area contributed by atoms with E-state index in [2.05, 4.69) is 20.2 Å². The predicted molar refractivity (Wildman–Crippen MR) is 77.8 cm³/mol. The third-order valence-electron chi connectivity index (χ3n) is 3.44. The lowest BCUT2D eigenvalue weighted by Gasteiger charge is -2.27. The van der Waals surface area contributed by atoms with Crippen molar-refractivity contribution >= 4 is 17.5 Å². The van der Waals surface area contributed by atoms with Gasteiger partial charge in [-0.1, -0.05) is 12.1 Å². The van der Waals surface area contributed by atoms with Crippen molar-refractivity contribution in [3.63, 3.8) is 0 Å². The van der Waals surface area contributed by atoms with E-state index in [0.717, 1.165) is 18.9 Å². The summed E-state index contributed by atoms with van der Waals surface area (Å²) >= 11 is 0. The van der Waals surface area contributed by atoms with Gasteiger partial charge in [-0.2, -0.15) is 4.98 Å². The lowest BCUT2D eigenvalue weighted by atomic mass is 10.1. The van der Waals surface area contributed by atoms with Gasteiger partial charge in [0.1, 0.15) is 11.6 Å². The second-order valence-electron chi connectivity index (χ2n) is 4.89. The molecule has 0 bridgehead atoms. The number of piperidine rings is 1. The van der Waals surface area contributed by atoms with Crippen LogP contribution >= 0.6 is 0 Å². The van der Waals surface area contributed by atoms with Crippen LogP contribution < -0.4 is 10.2 Å². The van der Waals surface area contributed by atoms with E-state index >= 15 is 0 Å². The fourth-order valence-corrected chi connectivity index (χ4v) is 2.39. The van der Waals surface area contributed by atoms with Gasteiger partial charge in [0.15, 0.2) is 0 Å². The van der Waals surface area contributed by atoms with E-state index in [1.165, 1.54) is 25.3 Å². The highest BCUT2D eigenvalue weighted by Gasteiger charge is 2.13. The second-order valence-corrected chi connectivity index (χ2v) is 4.89. The third-order valence-corrected chi connectivity index (χ3v) is 3.44. The summed E-state index contributed by atoms with van der Waals surface area (Å²) in [5.41, 5.74) is 0.392. The smallest absolute Gasteiger partial charge is 0.229 e. The number of hydrogen-bond acceptors (Lipinski definition) is 4. The minimum absolute atomic E-state index is 0.306. The largest absolute Gasteiger partial charge is 0.356 e. The lowest BCUT2D eigenvalue weighted by Crippen LogP contribution is -2.30. The van der Waals surface area contributed by atoms with Crippen molar-refractivity contribution in [1.29, 1.82) is 0 Å². The molecule has 0 amide bonds. The van der Waals surface area contributed by atoms with Crippen molar-refractivity contribution < 1.29 is 4.39 Å². The molecular formula is C15H17FN4. The lowest BCUT2D eigenvalue weighted by molar-refractivity contribution is 0.573. The molecule has 20 heavy (non-hydrogen) atoms. The minimum Gasteiger partial charge on any atom is -0.356 e. The molecule has 0 spiro atoms. The quantitative estimate of drug-likeness (QED) is 0.930. The summed E-state index contributed by atoms with van der Waals surface area (Å²) in [7, 11) is 0. The second kappa shape index (κ2) is 5.86. The predicted octanol–water partition coefficient (Wildman–Crippen LogP) is 3.35. The first-order valence-corrected chi connectivity index (χ1v) is 6.92. The zero-order valence-electron chi connectivity index (χ0n) is 11.2. The summed E-state index contributed by atoms with van der Waals surface area (Å²) in [6.45, 7) is 2.05. The van der Waals surface area contributed by atoms with E-state index < -0.39 is 0 Å². The first-order chi connectivity index (χ1) is 9.83. The van der Waals surface area contributed by atoms with Gasteiger partial charge in [0.05, 0.1) is 5.69 Å². The van der Waals surface area contributed by atoms with Crippen molar-refractivity contribution in [3.05, 3.63) is 42.3 Å². The number of hydrogen-bond donors (Lipinski definition) is 1. The van der Waals surface area contributed by atoms with Gasteiger partial charge in [0, 0.05) is 19.3 Å². The fraction of sp³-hybridized carbons (Fsp3) is 0.333. The zero-order chi connectivity index (χ0) is 13.8. The summed E-state index contributed by atoms with van der Waals surface area (Å²) in [6.07, 6.45) is 5.38. The Bertz CT molecular complexity index is 582. The SMILES string of the molecule is Fc1ccccc1Nc1nccc(N2CCCCC2)n1. The number of aromatic nitrogens is 2. The molecule has 4 nitrogen and oxygen atoms in total. The molecule has 2 heterocycles. The van der Waals surface area contributed by atoms with E-state index in [0.29, 0.717) is 11.6 Å². The van der Waals surface area contributed by atoms with Crippen LogP contribution in [0.2, 0.25) is 0 Å². The average molecular weight is 272 g/mol. The molecule has 0 radical (unpaired) electrons. The Hall–Kier alpha value is -2.17. The van der Waals surface area contributed by atoms with Gasteiger partial charge in [-0.25, -0.2) is 9.37 Å². The number of para-hydroxylation sites is 1. The van der Waals surface area contributed by atoms with Crippen molar-refractivity contribution in [2.45, 2.75) is 19.3 Å². The van der Waals surface area contributed by atoms with E-state index in [4.69, 9.17) is 0 Å². The van der Waals surface area contributed by atoms with Gasteiger partial charge >= 0.3 is 0 Å². The van der Waals surface area contributed by atoms with Crippen LogP contribution in [-0.4, -0.2) is 23.1 Å². The van der Waals surface area contributed by atoms with Crippen LogP contribution in [0.1, 0.15) is 19.3 Å². The van der Waals surface area contributed by atoms with Crippen molar-refractivity contribution in [3.8, 4) is 0 Å². The molecule has 0 atom stereocenters. The van der Waals surface area contributed by atoms with Gasteiger partial charge in [0.25, 0.3) is 0 Å². The number of anilines is 3. The molecule has 1 aliphatic heterocycles. The molecule has 1 N–H and O–H groups in total. The van der Waals surface area contributed by atoms with E-state index in [9.17, 15) is 4.39 Å². The fourth-order valence-electron chi connectivity index (χ4n) is 2.39. The average Bonchev–Trinajstić information content (AvgIpc) is 2.51. The van der Waals surface area contributed by atoms with Gasteiger partial charge in [-0.15, -0.1) is 0 Å². The van der Waals surface area contributed by atoms with Gasteiger partial charge in [0.2, 0.25) is 5.95 Å². The number of benzene rings is 1. The molecule has 104 valence electrons. The Morgan fingerprint density at radius 2 is 1.85 bits per heavy atom. The molecule has 1 aromatic heterocycles. The normalized spacial score (nSPS) is 15.2. The molecule has 3 rings (SSSR count). The maximum absolute atomic E-state index is 13.6. The maximum Gasteiger partial charge on any atom is 0.229 e. The molecule has 5 heteroatoms. The van der Waals surface area contributed by atoms with Gasteiger partial charge in [-0.05, 0) is 37.5 Å². The molecule has 0 unspecified atom stereocenters. The summed E-state index contributed by atoms with van der Waals surface area (Å²) < 4.78 is 13.6. The Morgan fingerprint density at radius 3 is 2.65 bits per heavy atom. The third kappa shape index (κ3) is 2.87. The van der Waals surface area contributed by atoms with Crippen LogP contribution in [0.3, 0.4) is 0 Å². The van der Waals surface area contributed by atoms with Crippen LogP contribution in [0.15, 0.2) is 36.5 Å². The monoisotopic (exact) mass is 272 g/mol. The maximum atomic E-state index is 13.6. The highest BCUT2D eigenvalue weighted by Crippen LogP contribution is 2.21. The summed E-state index contributed by atoms with van der Waals surface area (Å²) in [5.74, 6) is 1.02. The van der Waals surface area contributed by atoms with E-state index in [-0.39, 0.29) is 5.82 Å². The Balaban J connectivity index is 1.79. The number of rotatable bonds is 3. The summed E-state index contributed by atoms with van der Waals surface area (Å²) in [5, 5.41) is 2.93. The highest BCUT2D eigenvalue weighted by atomic mass is 19.1. The number of halogens is 1. The first kappa shape index (κ1) is 12.8. The van der Waals surface area contributed by atoms with Crippen LogP contribution in [0.5, 0.6) is 0 Å². The van der Waals surface area contributed by atoms with Crippen LogP contribution in [0.25, 0.3) is 0 Å². The van der Waals surface area contributed by atoms with Crippen LogP contribution in [0, 0.1) is 5.82 Å². The minimum atomic E-state index is -0.306. The van der Waals surface area contributed by atoms with Gasteiger partial charge < -0.3 is 10.2 Å². The van der Waals surface area contributed by atoms with E-state index in [1.807, 2.05) is 6.07 Å². The van der Waals surface area contributed by atoms with Crippen LogP contribution in [0.4, 0.5) is 21.8 Å².